The van der Waals surface area contributed by atoms with Crippen LogP contribution < -0.4 is 5.32 Å². The molecule has 0 radical (unpaired) electrons. The highest BCUT2D eigenvalue weighted by molar-refractivity contribution is 5.23. The summed E-state index contributed by atoms with van der Waals surface area (Å²) in [6.07, 6.45) is 0. The summed E-state index contributed by atoms with van der Waals surface area (Å²) in [4.78, 5) is 4.31. The Hall–Kier alpha value is -1.68. The monoisotopic (exact) mass is 230 g/mol. The van der Waals surface area contributed by atoms with Gasteiger partial charge in [0.25, 0.3) is 0 Å². The molecule has 0 amide bonds. The molecular formula is C13H18N4. The first-order valence-corrected chi connectivity index (χ1v) is 5.79. The van der Waals surface area contributed by atoms with Crippen molar-refractivity contribution in [3.8, 4) is 0 Å². The molecule has 0 saturated carbocycles. The maximum atomic E-state index is 4.37. The Bertz CT molecular complexity index is 502. The molecule has 4 heteroatoms. The van der Waals surface area contributed by atoms with Crippen molar-refractivity contribution in [2.45, 2.75) is 26.9 Å². The summed E-state index contributed by atoms with van der Waals surface area (Å²) >= 11 is 0. The van der Waals surface area contributed by atoms with E-state index in [0.717, 1.165) is 24.7 Å². The minimum atomic E-state index is 0.782. The maximum absolute atomic E-state index is 4.37. The molecule has 2 rings (SSSR count). The van der Waals surface area contributed by atoms with Gasteiger partial charge < -0.3 is 5.32 Å². The van der Waals surface area contributed by atoms with E-state index >= 15 is 0 Å². The van der Waals surface area contributed by atoms with Crippen molar-refractivity contribution in [2.24, 2.45) is 0 Å². The van der Waals surface area contributed by atoms with Gasteiger partial charge in [-0.2, -0.15) is 5.10 Å². The molecule has 0 bridgehead atoms. The average Bonchev–Trinajstić information content (AvgIpc) is 2.58. The first-order valence-electron chi connectivity index (χ1n) is 5.79. The van der Waals surface area contributed by atoms with Gasteiger partial charge in [0, 0.05) is 6.54 Å². The van der Waals surface area contributed by atoms with E-state index < -0.39 is 0 Å². The maximum Gasteiger partial charge on any atom is 0.147 e. The summed E-state index contributed by atoms with van der Waals surface area (Å²) in [7, 11) is 1.96. The molecule has 1 N–H and O–H groups in total. The van der Waals surface area contributed by atoms with Gasteiger partial charge in [-0.05, 0) is 32.0 Å². The van der Waals surface area contributed by atoms with Crippen molar-refractivity contribution in [3.63, 3.8) is 0 Å². The number of nitrogens with one attached hydrogen (secondary N) is 1. The minimum Gasteiger partial charge on any atom is -0.316 e. The van der Waals surface area contributed by atoms with Crippen LogP contribution in [0.4, 0.5) is 0 Å². The molecule has 0 aliphatic heterocycles. The second-order valence-electron chi connectivity index (χ2n) is 4.21. The molecule has 0 spiro atoms. The van der Waals surface area contributed by atoms with Crippen LogP contribution in [-0.2, 0) is 13.1 Å². The highest BCUT2D eigenvalue weighted by Crippen LogP contribution is 2.08. The molecule has 0 saturated heterocycles. The first-order chi connectivity index (χ1) is 8.19. The van der Waals surface area contributed by atoms with E-state index in [1.807, 2.05) is 25.6 Å². The molecule has 17 heavy (non-hydrogen) atoms. The SMILES string of the molecule is CNCc1cccc(Cn2nc(C)nc2C)c1. The number of hydrogen-bond acceptors (Lipinski definition) is 3. The fourth-order valence-corrected chi connectivity index (χ4v) is 1.93. The molecule has 90 valence electrons. The molecule has 2 aromatic rings. The highest BCUT2D eigenvalue weighted by Gasteiger charge is 2.03. The van der Waals surface area contributed by atoms with Crippen LogP contribution in [-0.4, -0.2) is 21.8 Å². The summed E-state index contributed by atoms with van der Waals surface area (Å²) in [5.41, 5.74) is 2.55. The number of benzene rings is 1. The van der Waals surface area contributed by atoms with E-state index in [4.69, 9.17) is 0 Å². The lowest BCUT2D eigenvalue weighted by molar-refractivity contribution is 0.655. The van der Waals surface area contributed by atoms with Gasteiger partial charge in [-0.15, -0.1) is 0 Å². The molecular weight excluding hydrogens is 212 g/mol. The third kappa shape index (κ3) is 2.91. The number of nitrogens with zero attached hydrogens (tertiary/aromatic N) is 3. The van der Waals surface area contributed by atoms with Crippen LogP contribution in [0.15, 0.2) is 24.3 Å². The zero-order valence-electron chi connectivity index (χ0n) is 10.6. The van der Waals surface area contributed by atoms with Crippen molar-refractivity contribution in [1.82, 2.24) is 20.1 Å². The normalized spacial score (nSPS) is 10.8. The van der Waals surface area contributed by atoms with Crippen LogP contribution in [0.25, 0.3) is 0 Å². The van der Waals surface area contributed by atoms with Crippen LogP contribution in [0.1, 0.15) is 22.8 Å². The molecule has 0 atom stereocenters. The van der Waals surface area contributed by atoms with Crippen LogP contribution in [0.5, 0.6) is 0 Å². The largest absolute Gasteiger partial charge is 0.316 e. The van der Waals surface area contributed by atoms with Crippen molar-refractivity contribution in [2.75, 3.05) is 7.05 Å². The lowest BCUT2D eigenvalue weighted by Crippen LogP contribution is -2.07. The lowest BCUT2D eigenvalue weighted by Gasteiger charge is -2.06. The summed E-state index contributed by atoms with van der Waals surface area (Å²) in [6, 6.07) is 8.53. The van der Waals surface area contributed by atoms with Gasteiger partial charge in [0.15, 0.2) is 0 Å². The molecule has 4 nitrogen and oxygen atoms in total. The lowest BCUT2D eigenvalue weighted by atomic mass is 10.1. The fraction of sp³-hybridized carbons (Fsp3) is 0.385. The topological polar surface area (TPSA) is 42.7 Å². The first kappa shape index (κ1) is 11.8. The van der Waals surface area contributed by atoms with E-state index in [0.29, 0.717) is 0 Å². The quantitative estimate of drug-likeness (QED) is 0.868. The summed E-state index contributed by atoms with van der Waals surface area (Å²) in [6.45, 7) is 5.58. The standard InChI is InChI=1S/C13H18N4/c1-10-15-11(2)17(16-10)9-13-6-4-5-12(7-13)8-14-3/h4-7,14H,8-9H2,1-3H3. The predicted octanol–water partition coefficient (Wildman–Crippen LogP) is 1.66. The van der Waals surface area contributed by atoms with Crippen molar-refractivity contribution < 1.29 is 0 Å². The number of aryl methyl sites for hydroxylation is 2. The van der Waals surface area contributed by atoms with E-state index in [9.17, 15) is 0 Å². The van der Waals surface area contributed by atoms with Gasteiger partial charge in [0.05, 0.1) is 6.54 Å². The van der Waals surface area contributed by atoms with Crippen molar-refractivity contribution >= 4 is 0 Å². The molecule has 0 fully saturated rings. The predicted molar refractivity (Wildman–Crippen MR) is 67.8 cm³/mol. The van der Waals surface area contributed by atoms with E-state index in [2.05, 4.69) is 39.7 Å². The van der Waals surface area contributed by atoms with E-state index in [1.165, 1.54) is 11.1 Å². The third-order valence-corrected chi connectivity index (χ3v) is 2.67. The fourth-order valence-electron chi connectivity index (χ4n) is 1.93. The van der Waals surface area contributed by atoms with Gasteiger partial charge in [-0.1, -0.05) is 24.3 Å². The Balaban J connectivity index is 2.18. The molecule has 1 aromatic heterocycles. The average molecular weight is 230 g/mol. The van der Waals surface area contributed by atoms with Gasteiger partial charge >= 0.3 is 0 Å². The summed E-state index contributed by atoms with van der Waals surface area (Å²) in [5, 5.41) is 7.53. The Morgan fingerprint density at radius 2 is 2.00 bits per heavy atom. The molecule has 0 aliphatic carbocycles. The Morgan fingerprint density at radius 1 is 1.24 bits per heavy atom. The third-order valence-electron chi connectivity index (χ3n) is 2.67. The number of aromatic nitrogens is 3. The molecule has 0 aliphatic rings. The molecule has 0 unspecified atom stereocenters. The van der Waals surface area contributed by atoms with Gasteiger partial charge in [0.2, 0.25) is 0 Å². The van der Waals surface area contributed by atoms with Crippen molar-refractivity contribution in [3.05, 3.63) is 47.0 Å². The molecule has 1 heterocycles. The smallest absolute Gasteiger partial charge is 0.147 e. The Labute approximate surface area is 102 Å². The van der Waals surface area contributed by atoms with Gasteiger partial charge in [-0.25, -0.2) is 9.67 Å². The Kier molecular flexibility index (Phi) is 3.54. The zero-order chi connectivity index (χ0) is 12.3. The number of rotatable bonds is 4. The van der Waals surface area contributed by atoms with Gasteiger partial charge in [0.1, 0.15) is 11.6 Å². The zero-order valence-corrected chi connectivity index (χ0v) is 10.6. The highest BCUT2D eigenvalue weighted by atomic mass is 15.3. The number of hydrogen-bond donors (Lipinski definition) is 1. The minimum absolute atomic E-state index is 0.782. The van der Waals surface area contributed by atoms with Crippen LogP contribution in [0, 0.1) is 13.8 Å². The van der Waals surface area contributed by atoms with E-state index in [1.54, 1.807) is 0 Å². The second kappa shape index (κ2) is 5.10. The molecule has 1 aromatic carbocycles. The van der Waals surface area contributed by atoms with Gasteiger partial charge in [-0.3, -0.25) is 0 Å². The van der Waals surface area contributed by atoms with Crippen LogP contribution in [0.2, 0.25) is 0 Å². The summed E-state index contributed by atoms with van der Waals surface area (Å²) in [5.74, 6) is 1.79. The Morgan fingerprint density at radius 3 is 2.65 bits per heavy atom. The second-order valence-corrected chi connectivity index (χ2v) is 4.21. The summed E-state index contributed by atoms with van der Waals surface area (Å²) < 4.78 is 1.94. The van der Waals surface area contributed by atoms with Crippen molar-refractivity contribution in [1.29, 1.82) is 0 Å². The van der Waals surface area contributed by atoms with Crippen LogP contribution in [0.3, 0.4) is 0 Å². The van der Waals surface area contributed by atoms with E-state index in [-0.39, 0.29) is 0 Å². The van der Waals surface area contributed by atoms with Crippen LogP contribution >= 0.6 is 0 Å².